The minimum Gasteiger partial charge on any atom is -0.387 e. The standard InChI is InChI=1S/C13H12BrN3O2/c14-12-10(2-1-5-16-12)13(19)17-8-11(18)9-3-6-15-7-4-9/h1-7,11,18H,8H2,(H,17,19). The van der Waals surface area contributed by atoms with Gasteiger partial charge in [-0.3, -0.25) is 9.78 Å². The SMILES string of the molecule is O=C(NCC(O)c1ccncc1)c1cccnc1Br. The molecule has 0 fully saturated rings. The summed E-state index contributed by atoms with van der Waals surface area (Å²) >= 11 is 3.21. The third-order valence-corrected chi connectivity index (χ3v) is 3.18. The van der Waals surface area contributed by atoms with Crippen molar-refractivity contribution in [1.82, 2.24) is 15.3 Å². The largest absolute Gasteiger partial charge is 0.387 e. The van der Waals surface area contributed by atoms with Gasteiger partial charge in [-0.25, -0.2) is 4.98 Å². The summed E-state index contributed by atoms with van der Waals surface area (Å²) in [5, 5.41) is 12.6. The molecule has 98 valence electrons. The lowest BCUT2D eigenvalue weighted by molar-refractivity contribution is 0.0915. The highest BCUT2D eigenvalue weighted by atomic mass is 79.9. The van der Waals surface area contributed by atoms with Crippen molar-refractivity contribution in [2.75, 3.05) is 6.54 Å². The average molecular weight is 322 g/mol. The molecule has 1 atom stereocenters. The van der Waals surface area contributed by atoms with Crippen LogP contribution in [0.5, 0.6) is 0 Å². The van der Waals surface area contributed by atoms with Crippen LogP contribution in [0.15, 0.2) is 47.5 Å². The van der Waals surface area contributed by atoms with Gasteiger partial charge in [-0.1, -0.05) is 0 Å². The lowest BCUT2D eigenvalue weighted by Crippen LogP contribution is -2.28. The maximum absolute atomic E-state index is 11.9. The summed E-state index contributed by atoms with van der Waals surface area (Å²) in [5.41, 5.74) is 1.14. The summed E-state index contributed by atoms with van der Waals surface area (Å²) in [6.45, 7) is 0.129. The number of hydrogen-bond acceptors (Lipinski definition) is 4. The van der Waals surface area contributed by atoms with Gasteiger partial charge in [-0.05, 0) is 45.8 Å². The highest BCUT2D eigenvalue weighted by molar-refractivity contribution is 9.10. The number of nitrogens with zero attached hydrogens (tertiary/aromatic N) is 2. The van der Waals surface area contributed by atoms with E-state index in [9.17, 15) is 9.90 Å². The van der Waals surface area contributed by atoms with Crippen molar-refractivity contribution in [1.29, 1.82) is 0 Å². The molecular weight excluding hydrogens is 310 g/mol. The molecule has 2 aromatic heterocycles. The van der Waals surface area contributed by atoms with Crippen LogP contribution in [0.2, 0.25) is 0 Å². The van der Waals surface area contributed by atoms with E-state index in [1.165, 1.54) is 0 Å². The van der Waals surface area contributed by atoms with Gasteiger partial charge in [0.25, 0.3) is 5.91 Å². The van der Waals surface area contributed by atoms with Crippen LogP contribution in [0.25, 0.3) is 0 Å². The highest BCUT2D eigenvalue weighted by Crippen LogP contribution is 2.13. The molecule has 0 aliphatic heterocycles. The normalized spacial score (nSPS) is 11.9. The van der Waals surface area contributed by atoms with Crippen molar-refractivity contribution in [3.63, 3.8) is 0 Å². The lowest BCUT2D eigenvalue weighted by Gasteiger charge is -2.12. The van der Waals surface area contributed by atoms with E-state index in [1.807, 2.05) is 0 Å². The Bertz CT molecular complexity index is 563. The van der Waals surface area contributed by atoms with Crippen LogP contribution < -0.4 is 5.32 Å². The second kappa shape index (κ2) is 6.40. The molecule has 0 spiro atoms. The molecular formula is C13H12BrN3O2. The number of hydrogen-bond donors (Lipinski definition) is 2. The summed E-state index contributed by atoms with van der Waals surface area (Å²) < 4.78 is 0.478. The average Bonchev–Trinajstić information content (AvgIpc) is 2.46. The molecule has 2 heterocycles. The molecule has 19 heavy (non-hydrogen) atoms. The molecule has 0 aliphatic rings. The van der Waals surface area contributed by atoms with Crippen molar-refractivity contribution in [2.45, 2.75) is 6.10 Å². The van der Waals surface area contributed by atoms with Crippen LogP contribution in [0.1, 0.15) is 22.0 Å². The third kappa shape index (κ3) is 3.59. The zero-order chi connectivity index (χ0) is 13.7. The molecule has 0 bridgehead atoms. The zero-order valence-corrected chi connectivity index (χ0v) is 11.5. The smallest absolute Gasteiger partial charge is 0.254 e. The molecule has 0 saturated carbocycles. The number of aliphatic hydroxyl groups excluding tert-OH is 1. The van der Waals surface area contributed by atoms with Gasteiger partial charge < -0.3 is 10.4 Å². The monoisotopic (exact) mass is 321 g/mol. The van der Waals surface area contributed by atoms with Gasteiger partial charge in [0.05, 0.1) is 11.7 Å². The lowest BCUT2D eigenvalue weighted by atomic mass is 10.1. The topological polar surface area (TPSA) is 75.1 Å². The summed E-state index contributed by atoms with van der Waals surface area (Å²) in [7, 11) is 0. The fraction of sp³-hybridized carbons (Fsp3) is 0.154. The van der Waals surface area contributed by atoms with Crippen LogP contribution >= 0.6 is 15.9 Å². The Morgan fingerprint density at radius 3 is 2.74 bits per heavy atom. The number of nitrogens with one attached hydrogen (secondary N) is 1. The first-order valence-electron chi connectivity index (χ1n) is 5.65. The summed E-state index contributed by atoms with van der Waals surface area (Å²) in [6.07, 6.45) is 4.02. The molecule has 2 rings (SSSR count). The molecule has 2 aromatic rings. The zero-order valence-electron chi connectivity index (χ0n) is 9.95. The van der Waals surface area contributed by atoms with Gasteiger partial charge in [0.1, 0.15) is 4.60 Å². The van der Waals surface area contributed by atoms with E-state index in [2.05, 4.69) is 31.2 Å². The molecule has 1 unspecified atom stereocenters. The quantitative estimate of drug-likeness (QED) is 0.840. The minimum absolute atomic E-state index is 0.129. The molecule has 5 nitrogen and oxygen atoms in total. The summed E-state index contributed by atoms with van der Waals surface area (Å²) in [5.74, 6) is -0.284. The van der Waals surface area contributed by atoms with Gasteiger partial charge in [-0.2, -0.15) is 0 Å². The van der Waals surface area contributed by atoms with Crippen molar-refractivity contribution >= 4 is 21.8 Å². The predicted molar refractivity (Wildman–Crippen MR) is 73.5 cm³/mol. The first kappa shape index (κ1) is 13.6. The van der Waals surface area contributed by atoms with E-state index in [4.69, 9.17) is 0 Å². The predicted octanol–water partition coefficient (Wildman–Crippen LogP) is 1.70. The van der Waals surface area contributed by atoms with E-state index in [1.54, 1.807) is 42.9 Å². The van der Waals surface area contributed by atoms with E-state index in [0.29, 0.717) is 15.7 Å². The molecule has 2 N–H and O–H groups in total. The number of pyridine rings is 2. The third-order valence-electron chi connectivity index (χ3n) is 2.55. The Labute approximate surface area is 118 Å². The molecule has 0 aromatic carbocycles. The number of aliphatic hydroxyl groups is 1. The van der Waals surface area contributed by atoms with Crippen molar-refractivity contribution in [3.05, 3.63) is 58.6 Å². The van der Waals surface area contributed by atoms with E-state index in [-0.39, 0.29) is 12.5 Å². The van der Waals surface area contributed by atoms with Crippen LogP contribution in [0, 0.1) is 0 Å². The van der Waals surface area contributed by atoms with E-state index in [0.717, 1.165) is 0 Å². The number of amides is 1. The van der Waals surface area contributed by atoms with Crippen LogP contribution in [-0.2, 0) is 0 Å². The fourth-order valence-corrected chi connectivity index (χ4v) is 1.97. The number of aromatic nitrogens is 2. The first-order valence-corrected chi connectivity index (χ1v) is 6.44. The van der Waals surface area contributed by atoms with Crippen molar-refractivity contribution in [3.8, 4) is 0 Å². The Balaban J connectivity index is 1.96. The Morgan fingerprint density at radius 1 is 1.32 bits per heavy atom. The number of rotatable bonds is 4. The van der Waals surface area contributed by atoms with Crippen LogP contribution in [-0.4, -0.2) is 27.5 Å². The van der Waals surface area contributed by atoms with Gasteiger partial charge in [-0.15, -0.1) is 0 Å². The molecule has 0 aliphatic carbocycles. The Kier molecular flexibility index (Phi) is 4.59. The van der Waals surface area contributed by atoms with Gasteiger partial charge in [0.15, 0.2) is 0 Å². The number of carbonyl (C=O) groups excluding carboxylic acids is 1. The number of halogens is 1. The van der Waals surface area contributed by atoms with E-state index < -0.39 is 6.10 Å². The van der Waals surface area contributed by atoms with Gasteiger partial charge >= 0.3 is 0 Å². The van der Waals surface area contributed by atoms with Gasteiger partial charge in [0.2, 0.25) is 0 Å². The van der Waals surface area contributed by atoms with Crippen LogP contribution in [0.4, 0.5) is 0 Å². The van der Waals surface area contributed by atoms with Crippen LogP contribution in [0.3, 0.4) is 0 Å². The Hall–Kier alpha value is -1.79. The second-order valence-electron chi connectivity index (χ2n) is 3.85. The minimum atomic E-state index is -0.762. The summed E-state index contributed by atoms with van der Waals surface area (Å²) in [6, 6.07) is 6.75. The van der Waals surface area contributed by atoms with E-state index >= 15 is 0 Å². The summed E-state index contributed by atoms with van der Waals surface area (Å²) in [4.78, 5) is 19.7. The maximum Gasteiger partial charge on any atom is 0.254 e. The van der Waals surface area contributed by atoms with Gasteiger partial charge in [0, 0.05) is 25.1 Å². The fourth-order valence-electron chi connectivity index (χ4n) is 1.54. The number of carbonyl (C=O) groups is 1. The molecule has 0 saturated heterocycles. The highest BCUT2D eigenvalue weighted by Gasteiger charge is 2.13. The van der Waals surface area contributed by atoms with Crippen molar-refractivity contribution < 1.29 is 9.90 Å². The maximum atomic E-state index is 11.9. The molecule has 1 amide bonds. The second-order valence-corrected chi connectivity index (χ2v) is 4.60. The Morgan fingerprint density at radius 2 is 2.05 bits per heavy atom. The van der Waals surface area contributed by atoms with Crippen molar-refractivity contribution in [2.24, 2.45) is 0 Å². The molecule has 0 radical (unpaired) electrons. The molecule has 6 heteroatoms. The first-order chi connectivity index (χ1) is 9.18.